The van der Waals surface area contributed by atoms with Crippen molar-refractivity contribution in [3.63, 3.8) is 0 Å². The molecule has 30 heavy (non-hydrogen) atoms. The minimum atomic E-state index is -0.502. The Morgan fingerprint density at radius 3 is 2.87 bits per heavy atom. The van der Waals surface area contributed by atoms with Crippen LogP contribution in [0.5, 0.6) is 0 Å². The fraction of sp³-hybridized carbons (Fsp3) is 0.364. The number of amides is 1. The summed E-state index contributed by atoms with van der Waals surface area (Å²) in [6, 6.07) is 11.2. The van der Waals surface area contributed by atoms with Crippen LogP contribution in [0, 0.1) is 12.8 Å². The van der Waals surface area contributed by atoms with E-state index < -0.39 is 5.92 Å². The number of fused-ring (bicyclic) bond motifs is 1. The average molecular weight is 408 g/mol. The Labute approximate surface area is 174 Å². The van der Waals surface area contributed by atoms with Crippen LogP contribution in [-0.2, 0) is 20.8 Å². The SMILES string of the molecule is COC(=O)[C@H]1COCC[C@H]1NC(=O)c1ccc(Cn2c(C)nc3ccccc32)nc1. The number of para-hydroxylation sites is 2. The molecule has 2 atom stereocenters. The molecule has 0 unspecified atom stereocenters. The number of rotatable bonds is 5. The largest absolute Gasteiger partial charge is 0.469 e. The van der Waals surface area contributed by atoms with E-state index in [4.69, 9.17) is 9.47 Å². The molecule has 1 saturated heterocycles. The Kier molecular flexibility index (Phi) is 5.76. The molecule has 0 bridgehead atoms. The van der Waals surface area contributed by atoms with Gasteiger partial charge in [-0.15, -0.1) is 0 Å². The van der Waals surface area contributed by atoms with Crippen molar-refractivity contribution in [2.75, 3.05) is 20.3 Å². The van der Waals surface area contributed by atoms with E-state index in [1.54, 1.807) is 12.3 Å². The third kappa shape index (κ3) is 4.04. The minimum absolute atomic E-state index is 0.243. The first kappa shape index (κ1) is 20.0. The average Bonchev–Trinajstić information content (AvgIpc) is 3.09. The molecule has 2 aromatic heterocycles. The van der Waals surface area contributed by atoms with Gasteiger partial charge in [-0.3, -0.25) is 14.6 Å². The van der Waals surface area contributed by atoms with Gasteiger partial charge < -0.3 is 19.4 Å². The smallest absolute Gasteiger partial charge is 0.313 e. The zero-order valence-electron chi connectivity index (χ0n) is 17.0. The summed E-state index contributed by atoms with van der Waals surface area (Å²) in [5, 5.41) is 2.92. The molecule has 0 radical (unpaired) electrons. The molecule has 3 heterocycles. The second kappa shape index (κ2) is 8.62. The van der Waals surface area contributed by atoms with Gasteiger partial charge in [0, 0.05) is 18.8 Å². The molecule has 0 aliphatic carbocycles. The lowest BCUT2D eigenvalue weighted by molar-refractivity contribution is -0.151. The maximum absolute atomic E-state index is 12.7. The summed E-state index contributed by atoms with van der Waals surface area (Å²) >= 11 is 0. The van der Waals surface area contributed by atoms with Crippen molar-refractivity contribution in [3.05, 3.63) is 59.7 Å². The number of pyridine rings is 1. The van der Waals surface area contributed by atoms with Gasteiger partial charge in [0.2, 0.25) is 0 Å². The fourth-order valence-electron chi connectivity index (χ4n) is 3.76. The fourth-order valence-corrected chi connectivity index (χ4v) is 3.76. The molecular weight excluding hydrogens is 384 g/mol. The highest BCUT2D eigenvalue weighted by atomic mass is 16.5. The molecule has 1 aromatic carbocycles. The number of aromatic nitrogens is 3. The van der Waals surface area contributed by atoms with E-state index in [1.165, 1.54) is 7.11 Å². The summed E-state index contributed by atoms with van der Waals surface area (Å²) in [6.45, 7) is 3.27. The standard InChI is InChI=1S/C22H24N4O4/c1-14-24-19-5-3-4-6-20(19)26(14)12-16-8-7-15(11-23-16)21(27)25-18-9-10-30-13-17(18)22(28)29-2/h3-8,11,17-18H,9-10,12-13H2,1-2H3,(H,25,27)/t17-,18+/m0/s1. The highest BCUT2D eigenvalue weighted by molar-refractivity contribution is 5.94. The molecule has 4 rings (SSSR count). The van der Waals surface area contributed by atoms with Gasteiger partial charge in [0.15, 0.2) is 0 Å². The van der Waals surface area contributed by atoms with Crippen LogP contribution >= 0.6 is 0 Å². The molecule has 1 aliphatic rings. The van der Waals surface area contributed by atoms with Crippen molar-refractivity contribution in [2.45, 2.75) is 25.9 Å². The Hall–Kier alpha value is -3.26. The van der Waals surface area contributed by atoms with Gasteiger partial charge in [-0.1, -0.05) is 12.1 Å². The van der Waals surface area contributed by atoms with Crippen LogP contribution in [0.15, 0.2) is 42.6 Å². The molecule has 8 nitrogen and oxygen atoms in total. The predicted molar refractivity (Wildman–Crippen MR) is 110 cm³/mol. The third-order valence-corrected chi connectivity index (χ3v) is 5.43. The number of benzene rings is 1. The van der Waals surface area contributed by atoms with Crippen LogP contribution in [-0.4, -0.2) is 52.8 Å². The van der Waals surface area contributed by atoms with Gasteiger partial charge in [-0.2, -0.15) is 0 Å². The number of carbonyl (C=O) groups is 2. The molecule has 1 fully saturated rings. The lowest BCUT2D eigenvalue weighted by Gasteiger charge is -2.30. The van der Waals surface area contributed by atoms with E-state index in [-0.39, 0.29) is 24.5 Å². The van der Waals surface area contributed by atoms with Crippen molar-refractivity contribution in [1.29, 1.82) is 0 Å². The second-order valence-corrected chi connectivity index (χ2v) is 7.35. The van der Waals surface area contributed by atoms with Gasteiger partial charge in [0.05, 0.1) is 42.6 Å². The van der Waals surface area contributed by atoms with Crippen LogP contribution in [0.2, 0.25) is 0 Å². The lowest BCUT2D eigenvalue weighted by atomic mass is 9.95. The van der Waals surface area contributed by atoms with Crippen LogP contribution in [0.4, 0.5) is 0 Å². The summed E-state index contributed by atoms with van der Waals surface area (Å²) in [7, 11) is 1.34. The van der Waals surface area contributed by atoms with Crippen molar-refractivity contribution < 1.29 is 19.1 Å². The van der Waals surface area contributed by atoms with Crippen LogP contribution < -0.4 is 5.32 Å². The molecule has 0 spiro atoms. The number of methoxy groups -OCH3 is 1. The van der Waals surface area contributed by atoms with Gasteiger partial charge in [0.1, 0.15) is 11.7 Å². The van der Waals surface area contributed by atoms with E-state index in [9.17, 15) is 9.59 Å². The summed E-state index contributed by atoms with van der Waals surface area (Å²) in [6.07, 6.45) is 2.12. The third-order valence-electron chi connectivity index (χ3n) is 5.43. The van der Waals surface area contributed by atoms with E-state index in [2.05, 4.69) is 19.9 Å². The maximum atomic E-state index is 12.7. The first-order valence-corrected chi connectivity index (χ1v) is 9.90. The van der Waals surface area contributed by atoms with Gasteiger partial charge >= 0.3 is 5.97 Å². The normalized spacial score (nSPS) is 18.9. The Balaban J connectivity index is 1.46. The number of aryl methyl sites for hydroxylation is 1. The number of esters is 1. The van der Waals surface area contributed by atoms with Crippen LogP contribution in [0.3, 0.4) is 0 Å². The number of ether oxygens (including phenoxy) is 2. The summed E-state index contributed by atoms with van der Waals surface area (Å²) in [4.78, 5) is 33.6. The molecule has 8 heteroatoms. The van der Waals surface area contributed by atoms with Crippen molar-refractivity contribution in [2.24, 2.45) is 5.92 Å². The molecule has 1 N–H and O–H groups in total. The Morgan fingerprint density at radius 1 is 1.27 bits per heavy atom. The Bertz CT molecular complexity index is 1060. The quantitative estimate of drug-likeness (QED) is 0.650. The molecule has 156 valence electrons. The van der Waals surface area contributed by atoms with Crippen molar-refractivity contribution in [3.8, 4) is 0 Å². The molecule has 0 saturated carbocycles. The van der Waals surface area contributed by atoms with E-state index in [1.807, 2.05) is 37.3 Å². The zero-order chi connectivity index (χ0) is 21.1. The molecular formula is C22H24N4O4. The van der Waals surface area contributed by atoms with Gasteiger partial charge in [-0.05, 0) is 37.6 Å². The topological polar surface area (TPSA) is 95.3 Å². The first-order chi connectivity index (χ1) is 14.6. The monoisotopic (exact) mass is 408 g/mol. The van der Waals surface area contributed by atoms with E-state index >= 15 is 0 Å². The molecule has 1 amide bonds. The zero-order valence-corrected chi connectivity index (χ0v) is 17.0. The number of nitrogens with one attached hydrogen (secondary N) is 1. The highest BCUT2D eigenvalue weighted by Gasteiger charge is 2.33. The number of hydrogen-bond acceptors (Lipinski definition) is 6. The number of imidazole rings is 1. The number of nitrogens with zero attached hydrogens (tertiary/aromatic N) is 3. The summed E-state index contributed by atoms with van der Waals surface area (Å²) < 4.78 is 12.3. The summed E-state index contributed by atoms with van der Waals surface area (Å²) in [5.74, 6) is -0.235. The van der Waals surface area contributed by atoms with Crippen LogP contribution in [0.1, 0.15) is 28.3 Å². The van der Waals surface area contributed by atoms with Crippen LogP contribution in [0.25, 0.3) is 11.0 Å². The first-order valence-electron chi connectivity index (χ1n) is 9.90. The maximum Gasteiger partial charge on any atom is 0.313 e. The second-order valence-electron chi connectivity index (χ2n) is 7.35. The Morgan fingerprint density at radius 2 is 2.10 bits per heavy atom. The lowest BCUT2D eigenvalue weighted by Crippen LogP contribution is -2.48. The number of hydrogen-bond donors (Lipinski definition) is 1. The highest BCUT2D eigenvalue weighted by Crippen LogP contribution is 2.18. The van der Waals surface area contributed by atoms with Crippen molar-refractivity contribution >= 4 is 22.9 Å². The van der Waals surface area contributed by atoms with Crippen molar-refractivity contribution in [1.82, 2.24) is 19.9 Å². The van der Waals surface area contributed by atoms with E-state index in [0.717, 1.165) is 22.6 Å². The predicted octanol–water partition coefficient (Wildman–Crippen LogP) is 2.10. The van der Waals surface area contributed by atoms with E-state index in [0.29, 0.717) is 25.1 Å². The molecule has 3 aromatic rings. The van der Waals surface area contributed by atoms with Gasteiger partial charge in [0.25, 0.3) is 5.91 Å². The number of carbonyl (C=O) groups excluding carboxylic acids is 2. The summed E-state index contributed by atoms with van der Waals surface area (Å²) in [5.41, 5.74) is 3.27. The minimum Gasteiger partial charge on any atom is -0.469 e. The van der Waals surface area contributed by atoms with Gasteiger partial charge in [-0.25, -0.2) is 4.98 Å². The molecule has 1 aliphatic heterocycles.